The van der Waals surface area contributed by atoms with Crippen LogP contribution in [0.3, 0.4) is 0 Å². The minimum atomic E-state index is 0.858. The van der Waals surface area contributed by atoms with Gasteiger partial charge in [0.15, 0.2) is 5.58 Å². The van der Waals surface area contributed by atoms with E-state index in [1.165, 1.54) is 21.9 Å². The Balaban J connectivity index is 1.26. The normalized spacial score (nSPS) is 12.2. The van der Waals surface area contributed by atoms with Crippen molar-refractivity contribution in [3.63, 3.8) is 0 Å². The van der Waals surface area contributed by atoms with Crippen LogP contribution >= 0.6 is 0 Å². The maximum absolute atomic E-state index is 6.88. The van der Waals surface area contributed by atoms with E-state index in [0.717, 1.165) is 88.1 Å². The molecule has 0 amide bonds. The summed E-state index contributed by atoms with van der Waals surface area (Å²) >= 11 is 0. The number of nitrogens with zero attached hydrogens (tertiary/aromatic N) is 2. The number of rotatable bonds is 3. The first kappa shape index (κ1) is 27.7. The van der Waals surface area contributed by atoms with Gasteiger partial charge in [0.05, 0.1) is 38.8 Å². The van der Waals surface area contributed by atoms with Gasteiger partial charge in [0, 0.05) is 37.7 Å². The number of fused-ring (bicyclic) bond motifs is 13. The SMILES string of the molecule is c1ccc(-c2ccc3oc4c(ccc5c4c4cccc(-n6c7ccccc7c7ccccc76)c4n5-c4cccc5c4oc4ccccc45)c3c2)cc1. The van der Waals surface area contributed by atoms with Gasteiger partial charge < -0.3 is 18.0 Å². The molecule has 0 saturated carbocycles. The fourth-order valence-electron chi connectivity index (χ4n) is 8.70. The average Bonchev–Trinajstić information content (AvgIpc) is 3.95. The molecule has 4 aromatic heterocycles. The van der Waals surface area contributed by atoms with Crippen molar-refractivity contribution >= 4 is 87.5 Å². The van der Waals surface area contributed by atoms with Crippen LogP contribution < -0.4 is 0 Å². The Morgan fingerprint density at radius 1 is 0.327 bits per heavy atom. The Bertz CT molecular complexity index is 3360. The molecule has 4 nitrogen and oxygen atoms in total. The molecular formula is C48H28N2O2. The second kappa shape index (κ2) is 10.3. The van der Waals surface area contributed by atoms with Gasteiger partial charge in [0.25, 0.3) is 0 Å². The largest absolute Gasteiger partial charge is 0.455 e. The number of aromatic nitrogens is 2. The molecule has 0 saturated heterocycles. The third kappa shape index (κ3) is 3.65. The highest BCUT2D eigenvalue weighted by atomic mass is 16.3. The van der Waals surface area contributed by atoms with Gasteiger partial charge in [-0.3, -0.25) is 0 Å². The summed E-state index contributed by atoms with van der Waals surface area (Å²) < 4.78 is 18.4. The minimum absolute atomic E-state index is 0.858. The molecule has 12 aromatic rings. The lowest BCUT2D eigenvalue weighted by molar-refractivity contribution is 0.666. The first-order chi connectivity index (χ1) is 25.8. The second-order valence-corrected chi connectivity index (χ2v) is 13.6. The summed E-state index contributed by atoms with van der Waals surface area (Å²) in [6.07, 6.45) is 0. The lowest BCUT2D eigenvalue weighted by Crippen LogP contribution is -2.00. The van der Waals surface area contributed by atoms with E-state index in [0.29, 0.717) is 0 Å². The van der Waals surface area contributed by atoms with Gasteiger partial charge in [-0.15, -0.1) is 0 Å². The molecule has 0 aliphatic heterocycles. The summed E-state index contributed by atoms with van der Waals surface area (Å²) in [7, 11) is 0. The lowest BCUT2D eigenvalue weighted by atomic mass is 10.0. The number of furan rings is 2. The van der Waals surface area contributed by atoms with Gasteiger partial charge in [-0.25, -0.2) is 0 Å². The molecule has 0 atom stereocenters. The predicted molar refractivity (Wildman–Crippen MR) is 215 cm³/mol. The van der Waals surface area contributed by atoms with Crippen molar-refractivity contribution in [2.75, 3.05) is 0 Å². The number of benzene rings is 8. The molecule has 0 fully saturated rings. The van der Waals surface area contributed by atoms with Gasteiger partial charge in [0.1, 0.15) is 16.7 Å². The molecule has 12 rings (SSSR count). The van der Waals surface area contributed by atoms with Crippen LogP contribution in [0.1, 0.15) is 0 Å². The molecule has 0 aliphatic carbocycles. The highest BCUT2D eigenvalue weighted by Crippen LogP contribution is 2.45. The van der Waals surface area contributed by atoms with E-state index in [1.807, 2.05) is 6.07 Å². The van der Waals surface area contributed by atoms with E-state index in [9.17, 15) is 0 Å². The van der Waals surface area contributed by atoms with Crippen molar-refractivity contribution < 1.29 is 8.83 Å². The van der Waals surface area contributed by atoms with Crippen molar-refractivity contribution in [3.05, 3.63) is 170 Å². The van der Waals surface area contributed by atoms with Crippen molar-refractivity contribution in [1.29, 1.82) is 0 Å². The molecule has 0 N–H and O–H groups in total. The topological polar surface area (TPSA) is 36.1 Å². The monoisotopic (exact) mass is 664 g/mol. The van der Waals surface area contributed by atoms with Crippen LogP contribution in [0.4, 0.5) is 0 Å². The van der Waals surface area contributed by atoms with Crippen LogP contribution in [0.15, 0.2) is 179 Å². The summed E-state index contributed by atoms with van der Waals surface area (Å²) in [5, 5.41) is 9.07. The van der Waals surface area contributed by atoms with Crippen molar-refractivity contribution in [2.24, 2.45) is 0 Å². The molecule has 0 bridgehead atoms. The van der Waals surface area contributed by atoms with Crippen LogP contribution in [-0.2, 0) is 0 Å². The fraction of sp³-hybridized carbons (Fsp3) is 0. The van der Waals surface area contributed by atoms with Crippen LogP contribution in [0, 0.1) is 0 Å². The number of hydrogen-bond acceptors (Lipinski definition) is 2. The van der Waals surface area contributed by atoms with Gasteiger partial charge in [-0.05, 0) is 65.7 Å². The van der Waals surface area contributed by atoms with Gasteiger partial charge >= 0.3 is 0 Å². The first-order valence-corrected chi connectivity index (χ1v) is 17.7. The lowest BCUT2D eigenvalue weighted by Gasteiger charge is -2.14. The average molecular weight is 665 g/mol. The van der Waals surface area contributed by atoms with E-state index >= 15 is 0 Å². The molecule has 0 aliphatic rings. The summed E-state index contributed by atoms with van der Waals surface area (Å²) in [4.78, 5) is 0. The molecule has 4 heteroatoms. The Morgan fingerprint density at radius 3 is 1.75 bits per heavy atom. The highest BCUT2D eigenvalue weighted by Gasteiger charge is 2.25. The Hall–Kier alpha value is -7.04. The summed E-state index contributed by atoms with van der Waals surface area (Å²) in [5.41, 5.74) is 12.4. The Kier molecular flexibility index (Phi) is 5.47. The van der Waals surface area contributed by atoms with E-state index < -0.39 is 0 Å². The molecule has 0 radical (unpaired) electrons. The molecule has 4 heterocycles. The van der Waals surface area contributed by atoms with E-state index in [4.69, 9.17) is 8.83 Å². The number of para-hydroxylation sites is 5. The zero-order chi connectivity index (χ0) is 33.9. The fourth-order valence-corrected chi connectivity index (χ4v) is 8.70. The minimum Gasteiger partial charge on any atom is -0.455 e. The third-order valence-corrected chi connectivity index (χ3v) is 10.9. The van der Waals surface area contributed by atoms with Gasteiger partial charge in [-0.2, -0.15) is 0 Å². The zero-order valence-corrected chi connectivity index (χ0v) is 27.9. The Morgan fingerprint density at radius 2 is 0.942 bits per heavy atom. The van der Waals surface area contributed by atoms with Crippen LogP contribution in [0.25, 0.3) is 110 Å². The van der Waals surface area contributed by atoms with Gasteiger partial charge in [-0.1, -0.05) is 115 Å². The molecule has 52 heavy (non-hydrogen) atoms. The van der Waals surface area contributed by atoms with Crippen molar-refractivity contribution in [2.45, 2.75) is 0 Å². The molecule has 0 spiro atoms. The molecule has 0 unspecified atom stereocenters. The van der Waals surface area contributed by atoms with E-state index in [2.05, 4.69) is 173 Å². The maximum atomic E-state index is 6.88. The summed E-state index contributed by atoms with van der Waals surface area (Å²) in [6, 6.07) is 60.4. The van der Waals surface area contributed by atoms with Crippen LogP contribution in [0.5, 0.6) is 0 Å². The second-order valence-electron chi connectivity index (χ2n) is 13.6. The smallest absolute Gasteiger partial charge is 0.159 e. The predicted octanol–water partition coefficient (Wildman–Crippen LogP) is 13.3. The maximum Gasteiger partial charge on any atom is 0.159 e. The summed E-state index contributed by atoms with van der Waals surface area (Å²) in [5.74, 6) is 0. The summed E-state index contributed by atoms with van der Waals surface area (Å²) in [6.45, 7) is 0. The molecule has 242 valence electrons. The first-order valence-electron chi connectivity index (χ1n) is 17.7. The standard InChI is InChI=1S/C48H28N2O2/c1-2-12-29(13-3-1)30-24-27-44-37(28-30)35-25-26-40-45(48(35)52-44)36-18-11-21-41(49-38-19-7-4-14-31(38)32-15-5-8-20-39(32)49)46(36)50(40)42-22-10-17-34-33-16-6-9-23-43(33)51-47(34)42/h1-28H. The van der Waals surface area contributed by atoms with Crippen molar-refractivity contribution in [3.8, 4) is 22.5 Å². The van der Waals surface area contributed by atoms with E-state index in [1.54, 1.807) is 0 Å². The molecule has 8 aromatic carbocycles. The third-order valence-electron chi connectivity index (χ3n) is 10.9. The van der Waals surface area contributed by atoms with Crippen LogP contribution in [-0.4, -0.2) is 9.13 Å². The van der Waals surface area contributed by atoms with Crippen molar-refractivity contribution in [1.82, 2.24) is 9.13 Å². The quantitative estimate of drug-likeness (QED) is 0.188. The molecular weight excluding hydrogens is 637 g/mol. The van der Waals surface area contributed by atoms with Gasteiger partial charge in [0.2, 0.25) is 0 Å². The van der Waals surface area contributed by atoms with E-state index in [-0.39, 0.29) is 0 Å². The zero-order valence-electron chi connectivity index (χ0n) is 27.9. The highest BCUT2D eigenvalue weighted by molar-refractivity contribution is 6.26. The number of hydrogen-bond donors (Lipinski definition) is 0. The van der Waals surface area contributed by atoms with Crippen LogP contribution in [0.2, 0.25) is 0 Å². The Labute approximate surface area is 296 Å².